The van der Waals surface area contributed by atoms with Crippen molar-refractivity contribution in [1.29, 1.82) is 0 Å². The molecular formula is C16H36BF4P. The van der Waals surface area contributed by atoms with E-state index in [1.165, 1.54) is 0 Å². The van der Waals surface area contributed by atoms with Crippen molar-refractivity contribution in [3.05, 3.63) is 0 Å². The van der Waals surface area contributed by atoms with Crippen molar-refractivity contribution < 1.29 is 17.3 Å². The Morgan fingerprint density at radius 2 is 0.545 bits per heavy atom. The van der Waals surface area contributed by atoms with Gasteiger partial charge in [0.2, 0.25) is 0 Å². The third-order valence-electron chi connectivity index (χ3n) is 4.02. The molecule has 0 unspecified atom stereocenters. The first-order valence-electron chi connectivity index (χ1n) is 7.77. The summed E-state index contributed by atoms with van der Waals surface area (Å²) in [6.07, 6.45) is 0. The van der Waals surface area contributed by atoms with Crippen LogP contribution in [0.5, 0.6) is 0 Å². The molecular weight excluding hydrogens is 310 g/mol. The van der Waals surface area contributed by atoms with Crippen LogP contribution in [0.25, 0.3) is 0 Å². The van der Waals surface area contributed by atoms with E-state index < -0.39 is 14.5 Å². The fourth-order valence-corrected chi connectivity index (χ4v) is 18.1. The van der Waals surface area contributed by atoms with Crippen molar-refractivity contribution in [2.24, 2.45) is 0 Å². The number of hydrogen-bond acceptors (Lipinski definition) is 0. The third-order valence-corrected chi connectivity index (χ3v) is 12.1. The molecule has 6 heteroatoms. The second kappa shape index (κ2) is 6.61. The monoisotopic (exact) mass is 346 g/mol. The van der Waals surface area contributed by atoms with Gasteiger partial charge < -0.3 is 17.3 Å². The van der Waals surface area contributed by atoms with E-state index in [0.29, 0.717) is 20.6 Å². The lowest BCUT2D eigenvalue weighted by Gasteiger charge is -2.60. The highest BCUT2D eigenvalue weighted by atomic mass is 31.2. The summed E-state index contributed by atoms with van der Waals surface area (Å²) < 4.78 is 39.0. The van der Waals surface area contributed by atoms with Crippen molar-refractivity contribution >= 4 is 14.5 Å². The van der Waals surface area contributed by atoms with E-state index in [-0.39, 0.29) is 0 Å². The fourth-order valence-electron chi connectivity index (χ4n) is 6.04. The molecule has 0 heterocycles. The van der Waals surface area contributed by atoms with E-state index in [2.05, 4.69) is 83.1 Å². The molecule has 0 atom stereocenters. The molecule has 0 saturated heterocycles. The predicted octanol–water partition coefficient (Wildman–Crippen LogP) is 7.50. The summed E-state index contributed by atoms with van der Waals surface area (Å²) in [6, 6.07) is 0. The lowest BCUT2D eigenvalue weighted by atomic mass is 10.2. The van der Waals surface area contributed by atoms with Gasteiger partial charge in [0.15, 0.2) is 0 Å². The van der Waals surface area contributed by atoms with Gasteiger partial charge in [0.1, 0.15) is 0 Å². The highest BCUT2D eigenvalue weighted by molar-refractivity contribution is 7.81. The average Bonchev–Trinajstić information content (AvgIpc) is 1.83. The van der Waals surface area contributed by atoms with E-state index in [0.717, 1.165) is 0 Å². The number of hydrogen-bond donors (Lipinski definition) is 0. The second-order valence-corrected chi connectivity index (χ2v) is 16.6. The third kappa shape index (κ3) is 5.69. The maximum absolute atomic E-state index is 9.75. The van der Waals surface area contributed by atoms with Crippen molar-refractivity contribution in [2.45, 2.75) is 104 Å². The second-order valence-electron chi connectivity index (χ2n) is 9.85. The normalized spacial score (nSPS) is 15.3. The summed E-state index contributed by atoms with van der Waals surface area (Å²) in [6.45, 7) is 29.5. The first-order chi connectivity index (χ1) is 9.00. The van der Waals surface area contributed by atoms with E-state index in [4.69, 9.17) is 0 Å². The summed E-state index contributed by atoms with van der Waals surface area (Å²) >= 11 is 0. The van der Waals surface area contributed by atoms with Gasteiger partial charge in [0, 0.05) is 7.26 Å². The molecule has 0 aliphatic heterocycles. The van der Waals surface area contributed by atoms with E-state index in [1.54, 1.807) is 0 Å². The molecule has 0 saturated carbocycles. The molecule has 0 spiro atoms. The molecule has 0 radical (unpaired) electrons. The predicted molar refractivity (Wildman–Crippen MR) is 96.1 cm³/mol. The van der Waals surface area contributed by atoms with E-state index in [9.17, 15) is 17.3 Å². The van der Waals surface area contributed by atoms with E-state index >= 15 is 0 Å². The summed E-state index contributed by atoms with van der Waals surface area (Å²) in [5, 5.41) is 1.51. The molecule has 0 aliphatic carbocycles. The first-order valence-corrected chi connectivity index (χ1v) is 9.56. The Bertz CT molecular complexity index is 281. The Hall–Kier alpha value is 0.215. The van der Waals surface area contributed by atoms with E-state index in [1.807, 2.05) is 0 Å². The summed E-state index contributed by atoms with van der Waals surface area (Å²) in [5.41, 5.74) is 0. The molecule has 0 aromatic carbocycles. The quantitative estimate of drug-likeness (QED) is 0.242. The van der Waals surface area contributed by atoms with Crippen LogP contribution in [-0.2, 0) is 0 Å². The molecule has 0 amide bonds. The van der Waals surface area contributed by atoms with Crippen LogP contribution in [-0.4, -0.2) is 27.9 Å². The molecule has 0 N–H and O–H groups in total. The van der Waals surface area contributed by atoms with Crippen LogP contribution >= 0.6 is 7.26 Å². The van der Waals surface area contributed by atoms with Crippen LogP contribution in [0.2, 0.25) is 0 Å². The van der Waals surface area contributed by atoms with Crippen LogP contribution in [0.4, 0.5) is 17.3 Å². The van der Waals surface area contributed by atoms with Gasteiger partial charge in [-0.1, -0.05) is 0 Å². The topological polar surface area (TPSA) is 0 Å². The minimum atomic E-state index is -6.00. The maximum atomic E-state index is 9.75. The van der Waals surface area contributed by atoms with Crippen molar-refractivity contribution in [1.82, 2.24) is 0 Å². The largest absolute Gasteiger partial charge is 0.673 e. The molecule has 0 aromatic rings. The zero-order valence-corrected chi connectivity index (χ0v) is 17.4. The minimum absolute atomic E-state index is 0.377. The zero-order chi connectivity index (χ0) is 19.0. The highest BCUT2D eigenvalue weighted by Crippen LogP contribution is 2.88. The lowest BCUT2D eigenvalue weighted by molar-refractivity contribution is 0.368. The molecule has 0 fully saturated rings. The number of halogens is 4. The minimum Gasteiger partial charge on any atom is -0.418 e. The molecule has 0 nitrogen and oxygen atoms in total. The van der Waals surface area contributed by atoms with Crippen LogP contribution in [0.1, 0.15) is 83.1 Å². The first kappa shape index (κ1) is 24.5. The van der Waals surface area contributed by atoms with Crippen molar-refractivity contribution in [3.8, 4) is 0 Å². The van der Waals surface area contributed by atoms with Gasteiger partial charge in [-0.15, -0.1) is 0 Å². The molecule has 0 bridgehead atoms. The van der Waals surface area contributed by atoms with Gasteiger partial charge in [-0.05, 0) is 83.1 Å². The SMILES string of the molecule is CC(C)(C)[P+](C(C)(C)C)(C(C)(C)C)C(C)(C)C.F[B-](F)(F)F. The lowest BCUT2D eigenvalue weighted by Crippen LogP contribution is -2.51. The van der Waals surface area contributed by atoms with Gasteiger partial charge in [-0.3, -0.25) is 0 Å². The van der Waals surface area contributed by atoms with Crippen LogP contribution in [0, 0.1) is 0 Å². The average molecular weight is 346 g/mol. The maximum Gasteiger partial charge on any atom is 0.673 e. The van der Waals surface area contributed by atoms with Crippen LogP contribution in [0.15, 0.2) is 0 Å². The smallest absolute Gasteiger partial charge is 0.418 e. The molecule has 22 heavy (non-hydrogen) atoms. The molecule has 0 aliphatic rings. The fraction of sp³-hybridized carbons (Fsp3) is 1.00. The molecule has 136 valence electrons. The summed E-state index contributed by atoms with van der Waals surface area (Å²) in [7, 11) is -7.23. The molecule has 0 aromatic heterocycles. The van der Waals surface area contributed by atoms with Gasteiger partial charge >= 0.3 is 7.25 Å². The highest BCUT2D eigenvalue weighted by Gasteiger charge is 2.70. The zero-order valence-electron chi connectivity index (χ0n) is 16.5. The Morgan fingerprint density at radius 1 is 0.455 bits per heavy atom. The Morgan fingerprint density at radius 3 is 0.545 bits per heavy atom. The Kier molecular flexibility index (Phi) is 7.35. The standard InChI is InChI=1S/C16H36P.BF4/c1-13(2,3)17(14(4,5)6,15(7,8)9)16(10,11)12;2-1(3,4)5/h1-12H3;/q+1;-1. The number of rotatable bonds is 0. The van der Waals surface area contributed by atoms with Gasteiger partial charge in [-0.25, -0.2) is 0 Å². The Labute approximate surface area is 136 Å². The van der Waals surface area contributed by atoms with Crippen molar-refractivity contribution in [3.63, 3.8) is 0 Å². The van der Waals surface area contributed by atoms with Crippen LogP contribution in [0.3, 0.4) is 0 Å². The summed E-state index contributed by atoms with van der Waals surface area (Å²) in [5.74, 6) is 0. The molecule has 0 rings (SSSR count). The van der Waals surface area contributed by atoms with Gasteiger partial charge in [0.25, 0.3) is 0 Å². The Balaban J connectivity index is 0. The van der Waals surface area contributed by atoms with Gasteiger partial charge in [0.05, 0.1) is 20.6 Å². The van der Waals surface area contributed by atoms with Gasteiger partial charge in [-0.2, -0.15) is 0 Å². The summed E-state index contributed by atoms with van der Waals surface area (Å²) in [4.78, 5) is 0. The van der Waals surface area contributed by atoms with Crippen molar-refractivity contribution in [2.75, 3.05) is 0 Å². The van der Waals surface area contributed by atoms with Crippen LogP contribution < -0.4 is 0 Å².